The Morgan fingerprint density at radius 3 is 2.45 bits per heavy atom. The van der Waals surface area contributed by atoms with Crippen LogP contribution in [0.3, 0.4) is 0 Å². The lowest BCUT2D eigenvalue weighted by molar-refractivity contribution is 0.00578. The number of benzene rings is 1. The van der Waals surface area contributed by atoms with Crippen molar-refractivity contribution in [2.75, 3.05) is 17.9 Å². The number of rotatable bonds is 8. The quantitative estimate of drug-likeness (QED) is 0.452. The van der Waals surface area contributed by atoms with Gasteiger partial charge in [-0.1, -0.05) is 17.7 Å². The predicted molar refractivity (Wildman–Crippen MR) is 119 cm³/mol. The van der Waals surface area contributed by atoms with Crippen molar-refractivity contribution in [2.24, 2.45) is 0 Å². The Kier molecular flexibility index (Phi) is 7.00. The van der Waals surface area contributed by atoms with E-state index in [0.29, 0.717) is 11.0 Å². The fourth-order valence-electron chi connectivity index (χ4n) is 2.99. The minimum atomic E-state index is -4.03. The maximum atomic E-state index is 13.2. The molecule has 0 radical (unpaired) electrons. The molecule has 3 rings (SSSR count). The topological polar surface area (TPSA) is 107 Å². The van der Waals surface area contributed by atoms with Crippen LogP contribution in [0.25, 0.3) is 0 Å². The molecule has 0 unspecified atom stereocenters. The number of hydrogen-bond donors (Lipinski definition) is 2. The second-order valence-corrected chi connectivity index (χ2v) is 10.2. The minimum absolute atomic E-state index is 0.0368. The van der Waals surface area contributed by atoms with Crippen LogP contribution in [0.1, 0.15) is 33.3 Å². The molecule has 1 fully saturated rings. The average Bonchev–Trinajstić information content (AvgIpc) is 2.89. The Balaban J connectivity index is 2.03. The van der Waals surface area contributed by atoms with Crippen LogP contribution in [0, 0.1) is 0 Å². The second-order valence-electron chi connectivity index (χ2n) is 8.17. The third kappa shape index (κ3) is 5.22. The number of hydrogen-bond acceptors (Lipinski definition) is 7. The lowest BCUT2D eigenvalue weighted by Crippen LogP contribution is -2.41. The normalized spacial score (nSPS) is 17.7. The number of halogens is 1. The molecule has 0 atom stereocenters. The van der Waals surface area contributed by atoms with E-state index in [-0.39, 0.29) is 35.6 Å². The van der Waals surface area contributed by atoms with E-state index >= 15 is 0 Å². The van der Waals surface area contributed by atoms with E-state index in [2.05, 4.69) is 9.71 Å². The van der Waals surface area contributed by atoms with Gasteiger partial charge < -0.3 is 19.2 Å². The van der Waals surface area contributed by atoms with Crippen LogP contribution in [-0.2, 0) is 30.7 Å². The molecule has 2 aromatic rings. The molecule has 11 heteroatoms. The van der Waals surface area contributed by atoms with Crippen molar-refractivity contribution >= 4 is 40.0 Å². The highest BCUT2D eigenvalue weighted by Gasteiger charge is 2.52. The van der Waals surface area contributed by atoms with Gasteiger partial charge in [-0.05, 0) is 57.5 Å². The third-order valence-corrected chi connectivity index (χ3v) is 7.14. The largest absolute Gasteiger partial charge is 0.496 e. The zero-order valence-corrected chi connectivity index (χ0v) is 19.5. The molecule has 0 aliphatic carbocycles. The van der Waals surface area contributed by atoms with Gasteiger partial charge in [0.15, 0.2) is 0 Å². The molecule has 1 aliphatic rings. The van der Waals surface area contributed by atoms with Crippen molar-refractivity contribution in [1.29, 1.82) is 0 Å². The summed E-state index contributed by atoms with van der Waals surface area (Å²) in [6.07, 6.45) is 1.49. The molecule has 0 bridgehead atoms. The molecule has 0 spiro atoms. The second kappa shape index (κ2) is 9.05. The van der Waals surface area contributed by atoms with Gasteiger partial charge in [0.1, 0.15) is 5.82 Å². The predicted octanol–water partition coefficient (Wildman–Crippen LogP) is 2.34. The Hall–Kier alpha value is -1.69. The molecule has 2 N–H and O–H groups in total. The average molecular weight is 469 g/mol. The number of sulfonamides is 1. The van der Waals surface area contributed by atoms with Crippen LogP contribution in [-0.4, -0.2) is 50.0 Å². The zero-order valence-electron chi connectivity index (χ0n) is 17.9. The van der Waals surface area contributed by atoms with Crippen molar-refractivity contribution in [1.82, 2.24) is 4.98 Å². The van der Waals surface area contributed by atoms with E-state index in [1.165, 1.54) is 18.3 Å². The van der Waals surface area contributed by atoms with Crippen LogP contribution >= 0.6 is 11.6 Å². The van der Waals surface area contributed by atoms with Crippen LogP contribution < -0.4 is 10.2 Å². The molecular weight excluding hydrogens is 443 g/mol. The lowest BCUT2D eigenvalue weighted by atomic mass is 9.78. The standard InChI is InChI=1S/C20H26BClN2O6S/c1-19(2)20(3,4)30-21(29-19)15-12-17(14(11-16(15)22)13-28-10-9-25)31(26,27)24-18-7-5-6-8-23-18/h5-8,11-12,25H,9-10,13H2,1-4H3,(H,23,24). The van der Waals surface area contributed by atoms with Crippen LogP contribution in [0.2, 0.25) is 5.02 Å². The fraction of sp³-hybridized carbons (Fsp3) is 0.450. The van der Waals surface area contributed by atoms with Gasteiger partial charge in [-0.25, -0.2) is 13.4 Å². The first-order valence-corrected chi connectivity index (χ1v) is 11.6. The molecule has 168 valence electrons. The number of pyridine rings is 1. The van der Waals surface area contributed by atoms with E-state index in [9.17, 15) is 8.42 Å². The number of aromatic nitrogens is 1. The molecule has 1 aromatic heterocycles. The third-order valence-electron chi connectivity index (χ3n) is 5.37. The number of nitrogens with zero attached hydrogens (tertiary/aromatic N) is 1. The van der Waals surface area contributed by atoms with E-state index in [1.54, 1.807) is 18.2 Å². The van der Waals surface area contributed by atoms with Crippen molar-refractivity contribution in [2.45, 2.75) is 50.4 Å². The number of aliphatic hydroxyl groups is 1. The maximum Gasteiger partial charge on any atom is 0.496 e. The summed E-state index contributed by atoms with van der Waals surface area (Å²) < 4.78 is 46.4. The molecule has 0 saturated carbocycles. The zero-order chi connectivity index (χ0) is 22.9. The smallest absolute Gasteiger partial charge is 0.399 e. The summed E-state index contributed by atoms with van der Waals surface area (Å²) in [6.45, 7) is 7.42. The Morgan fingerprint density at radius 2 is 1.87 bits per heavy atom. The van der Waals surface area contributed by atoms with Crippen molar-refractivity contribution in [3.8, 4) is 0 Å². The van der Waals surface area contributed by atoms with Crippen LogP contribution in [0.4, 0.5) is 5.82 Å². The van der Waals surface area contributed by atoms with E-state index in [0.717, 1.165) is 0 Å². The summed E-state index contributed by atoms with van der Waals surface area (Å²) in [4.78, 5) is 3.98. The summed E-state index contributed by atoms with van der Waals surface area (Å²) >= 11 is 6.50. The van der Waals surface area contributed by atoms with Crippen molar-refractivity contribution < 1.29 is 27.6 Å². The number of aliphatic hydroxyl groups excluding tert-OH is 1. The molecule has 2 heterocycles. The van der Waals surface area contributed by atoms with E-state index in [1.807, 2.05) is 27.7 Å². The van der Waals surface area contributed by atoms with Crippen LogP contribution in [0.15, 0.2) is 41.4 Å². The maximum absolute atomic E-state index is 13.2. The van der Waals surface area contributed by atoms with Gasteiger partial charge in [-0.3, -0.25) is 4.72 Å². The van der Waals surface area contributed by atoms with Gasteiger partial charge in [0.2, 0.25) is 0 Å². The van der Waals surface area contributed by atoms with Gasteiger partial charge in [-0.15, -0.1) is 0 Å². The summed E-state index contributed by atoms with van der Waals surface area (Å²) in [7, 11) is -4.87. The van der Waals surface area contributed by atoms with Gasteiger partial charge >= 0.3 is 7.12 Å². The van der Waals surface area contributed by atoms with Gasteiger partial charge in [-0.2, -0.15) is 0 Å². The fourth-order valence-corrected chi connectivity index (χ4v) is 4.51. The highest BCUT2D eigenvalue weighted by atomic mass is 35.5. The van der Waals surface area contributed by atoms with Gasteiger partial charge in [0, 0.05) is 16.7 Å². The Labute approximate surface area is 188 Å². The highest BCUT2D eigenvalue weighted by Crippen LogP contribution is 2.37. The molecular formula is C20H26BClN2O6S. The molecule has 1 aromatic carbocycles. The Morgan fingerprint density at radius 1 is 1.19 bits per heavy atom. The summed E-state index contributed by atoms with van der Waals surface area (Å²) in [5.74, 6) is 0.178. The SMILES string of the molecule is CC1(C)OB(c2cc(S(=O)(=O)Nc3ccccn3)c(COCCO)cc2Cl)OC1(C)C. The van der Waals surface area contributed by atoms with Gasteiger partial charge in [0.05, 0.1) is 35.9 Å². The number of anilines is 1. The van der Waals surface area contributed by atoms with Crippen molar-refractivity contribution in [3.05, 3.63) is 47.1 Å². The Bertz CT molecular complexity index is 1020. The number of ether oxygens (including phenoxy) is 1. The van der Waals surface area contributed by atoms with Gasteiger partial charge in [0.25, 0.3) is 10.0 Å². The van der Waals surface area contributed by atoms with Crippen LogP contribution in [0.5, 0.6) is 0 Å². The molecule has 1 saturated heterocycles. The lowest BCUT2D eigenvalue weighted by Gasteiger charge is -2.32. The monoisotopic (exact) mass is 468 g/mol. The first kappa shape index (κ1) is 24.0. The van der Waals surface area contributed by atoms with E-state index < -0.39 is 28.3 Å². The first-order valence-electron chi connectivity index (χ1n) is 9.77. The van der Waals surface area contributed by atoms with Crippen molar-refractivity contribution in [3.63, 3.8) is 0 Å². The number of nitrogens with one attached hydrogen (secondary N) is 1. The first-order chi connectivity index (χ1) is 14.5. The summed E-state index contributed by atoms with van der Waals surface area (Å²) in [5, 5.41) is 9.28. The molecule has 1 aliphatic heterocycles. The molecule has 8 nitrogen and oxygen atoms in total. The molecule has 31 heavy (non-hydrogen) atoms. The summed E-state index contributed by atoms with van der Waals surface area (Å²) in [5.41, 5.74) is -0.501. The minimum Gasteiger partial charge on any atom is -0.399 e. The van der Waals surface area contributed by atoms with E-state index in [4.69, 9.17) is 30.8 Å². The molecule has 0 amide bonds. The highest BCUT2D eigenvalue weighted by molar-refractivity contribution is 7.92. The summed E-state index contributed by atoms with van der Waals surface area (Å²) in [6, 6.07) is 7.86.